The van der Waals surface area contributed by atoms with Crippen LogP contribution in [0.3, 0.4) is 0 Å². The van der Waals surface area contributed by atoms with Crippen LogP contribution >= 0.6 is 0 Å². The second kappa shape index (κ2) is 7.85. The van der Waals surface area contributed by atoms with E-state index in [0.29, 0.717) is 49.0 Å². The number of rotatable bonds is 3. The van der Waals surface area contributed by atoms with Crippen molar-refractivity contribution < 1.29 is 14.3 Å². The van der Waals surface area contributed by atoms with Crippen molar-refractivity contribution in [3.63, 3.8) is 0 Å². The molecule has 8 heteroatoms. The van der Waals surface area contributed by atoms with Crippen molar-refractivity contribution >= 4 is 33.8 Å². The third kappa shape index (κ3) is 3.32. The Morgan fingerprint density at radius 1 is 1.17 bits per heavy atom. The molecule has 0 bridgehead atoms. The number of nitrogens with one attached hydrogen (secondary N) is 1. The van der Waals surface area contributed by atoms with Crippen molar-refractivity contribution in [2.75, 3.05) is 19.7 Å². The number of aromatic nitrogens is 2. The van der Waals surface area contributed by atoms with E-state index in [0.717, 1.165) is 10.9 Å². The summed E-state index contributed by atoms with van der Waals surface area (Å²) >= 11 is 0. The lowest BCUT2D eigenvalue weighted by atomic mass is 10.0. The van der Waals surface area contributed by atoms with E-state index in [1.165, 1.54) is 4.57 Å². The molecule has 4 rings (SSSR count). The maximum atomic E-state index is 13.2. The summed E-state index contributed by atoms with van der Waals surface area (Å²) in [5, 5.41) is 4.66. The molecule has 8 nitrogen and oxygen atoms in total. The lowest BCUT2D eigenvalue weighted by Crippen LogP contribution is -2.46. The Kier molecular flexibility index (Phi) is 5.24. The van der Waals surface area contributed by atoms with Crippen LogP contribution in [0, 0.1) is 0 Å². The summed E-state index contributed by atoms with van der Waals surface area (Å²) in [7, 11) is 3.51. The van der Waals surface area contributed by atoms with Gasteiger partial charge in [-0.2, -0.15) is 0 Å². The summed E-state index contributed by atoms with van der Waals surface area (Å²) in [4.78, 5) is 39.6. The Bertz CT molecular complexity index is 1190. The van der Waals surface area contributed by atoms with Gasteiger partial charge in [-0.25, -0.2) is 4.79 Å². The minimum atomic E-state index is -0.308. The lowest BCUT2D eigenvalue weighted by Gasteiger charge is -2.31. The number of hydrogen-bond donors (Lipinski definition) is 1. The van der Waals surface area contributed by atoms with Crippen molar-refractivity contribution in [2.45, 2.75) is 25.8 Å². The Balaban J connectivity index is 1.63. The van der Waals surface area contributed by atoms with Crippen molar-refractivity contribution in [2.24, 2.45) is 14.1 Å². The number of carbonyl (C=O) groups excluding carboxylic acids is 2. The van der Waals surface area contributed by atoms with E-state index in [-0.39, 0.29) is 23.6 Å². The monoisotopic (exact) mass is 410 g/mol. The van der Waals surface area contributed by atoms with Gasteiger partial charge in [0.05, 0.1) is 12.2 Å². The molecule has 0 spiro atoms. The van der Waals surface area contributed by atoms with E-state index in [2.05, 4.69) is 5.32 Å². The average molecular weight is 410 g/mol. The number of carbonyl (C=O) groups is 2. The van der Waals surface area contributed by atoms with Gasteiger partial charge in [-0.1, -0.05) is 18.2 Å². The summed E-state index contributed by atoms with van der Waals surface area (Å²) in [6.45, 7) is 3.22. The molecule has 0 radical (unpaired) electrons. The van der Waals surface area contributed by atoms with Crippen LogP contribution in [0.1, 0.15) is 30.1 Å². The molecule has 30 heavy (non-hydrogen) atoms. The summed E-state index contributed by atoms with van der Waals surface area (Å²) in [6.07, 6.45) is 2.63. The SMILES string of the molecule is CCOC(=O)N1CCC(NC(=O)c2cn(C)c(=O)c3c2c2ccccc2n3C)CC1. The maximum Gasteiger partial charge on any atom is 0.409 e. The predicted molar refractivity (Wildman–Crippen MR) is 115 cm³/mol. The van der Waals surface area contributed by atoms with Gasteiger partial charge in [-0.15, -0.1) is 0 Å². The van der Waals surface area contributed by atoms with E-state index in [4.69, 9.17) is 4.74 Å². The fourth-order valence-corrected chi connectivity index (χ4v) is 4.26. The van der Waals surface area contributed by atoms with Gasteiger partial charge in [0.15, 0.2) is 0 Å². The van der Waals surface area contributed by atoms with Crippen LogP contribution < -0.4 is 10.9 Å². The van der Waals surface area contributed by atoms with Crippen molar-refractivity contribution in [3.05, 3.63) is 46.4 Å². The molecule has 0 atom stereocenters. The predicted octanol–water partition coefficient (Wildman–Crippen LogP) is 2.38. The molecule has 1 aliphatic rings. The number of amides is 2. The zero-order chi connectivity index (χ0) is 21.4. The van der Waals surface area contributed by atoms with Crippen LogP contribution in [0.15, 0.2) is 35.3 Å². The molecule has 0 saturated carbocycles. The zero-order valence-corrected chi connectivity index (χ0v) is 17.5. The van der Waals surface area contributed by atoms with Crippen molar-refractivity contribution in [3.8, 4) is 0 Å². The third-order valence-electron chi connectivity index (χ3n) is 5.82. The number of ether oxygens (including phenoxy) is 1. The van der Waals surface area contributed by atoms with Gasteiger partial charge >= 0.3 is 6.09 Å². The number of aryl methyl sites for hydroxylation is 2. The average Bonchev–Trinajstić information content (AvgIpc) is 3.04. The molecule has 2 amide bonds. The van der Waals surface area contributed by atoms with Gasteiger partial charge in [0.2, 0.25) is 0 Å². The van der Waals surface area contributed by atoms with Gasteiger partial charge in [0, 0.05) is 55.7 Å². The molecule has 1 aromatic carbocycles. The quantitative estimate of drug-likeness (QED) is 0.718. The number of para-hydroxylation sites is 1. The molecule has 1 aliphatic heterocycles. The number of likely N-dealkylation sites (tertiary alicyclic amines) is 1. The van der Waals surface area contributed by atoms with Gasteiger partial charge in [0.1, 0.15) is 5.52 Å². The highest BCUT2D eigenvalue weighted by Gasteiger charge is 2.26. The first-order valence-electron chi connectivity index (χ1n) is 10.2. The molecule has 3 heterocycles. The van der Waals surface area contributed by atoms with E-state index in [1.54, 1.807) is 25.1 Å². The summed E-state index contributed by atoms with van der Waals surface area (Å²) in [5.41, 5.74) is 1.77. The van der Waals surface area contributed by atoms with E-state index in [1.807, 2.05) is 35.9 Å². The summed E-state index contributed by atoms with van der Waals surface area (Å²) in [6, 6.07) is 7.67. The molecule has 1 N–H and O–H groups in total. The Morgan fingerprint density at radius 2 is 1.87 bits per heavy atom. The molecule has 0 unspecified atom stereocenters. The first-order valence-corrected chi connectivity index (χ1v) is 10.2. The number of pyridine rings is 1. The van der Waals surface area contributed by atoms with Crippen molar-refractivity contribution in [1.29, 1.82) is 0 Å². The Labute approximate surface area is 174 Å². The summed E-state index contributed by atoms with van der Waals surface area (Å²) < 4.78 is 8.35. The highest BCUT2D eigenvalue weighted by molar-refractivity contribution is 6.17. The minimum Gasteiger partial charge on any atom is -0.450 e. The number of fused-ring (bicyclic) bond motifs is 3. The van der Waals surface area contributed by atoms with Crippen LogP contribution in [0.4, 0.5) is 4.79 Å². The number of nitrogens with zero attached hydrogens (tertiary/aromatic N) is 3. The number of hydrogen-bond acceptors (Lipinski definition) is 4. The Morgan fingerprint density at radius 3 is 2.57 bits per heavy atom. The van der Waals surface area contributed by atoms with Gasteiger partial charge in [-0.3, -0.25) is 9.59 Å². The molecule has 1 fully saturated rings. The van der Waals surface area contributed by atoms with Crippen LogP contribution in [-0.4, -0.2) is 51.8 Å². The smallest absolute Gasteiger partial charge is 0.409 e. The minimum absolute atomic E-state index is 0.0366. The molecule has 2 aromatic heterocycles. The van der Waals surface area contributed by atoms with E-state index >= 15 is 0 Å². The van der Waals surface area contributed by atoms with Crippen LogP contribution in [-0.2, 0) is 18.8 Å². The second-order valence-corrected chi connectivity index (χ2v) is 7.69. The number of benzene rings is 1. The second-order valence-electron chi connectivity index (χ2n) is 7.69. The fourth-order valence-electron chi connectivity index (χ4n) is 4.26. The largest absolute Gasteiger partial charge is 0.450 e. The molecule has 158 valence electrons. The van der Waals surface area contributed by atoms with Crippen LogP contribution in [0.5, 0.6) is 0 Å². The zero-order valence-electron chi connectivity index (χ0n) is 17.5. The standard InChI is InChI=1S/C22H26N4O4/c1-4-30-22(29)26-11-9-14(10-12-26)23-20(27)16-13-24(2)21(28)19-18(16)15-7-5-6-8-17(15)25(19)3/h5-8,13-14H,4,9-12H2,1-3H3,(H,23,27). The third-order valence-corrected chi connectivity index (χ3v) is 5.82. The molecule has 3 aromatic rings. The first-order chi connectivity index (χ1) is 14.4. The van der Waals surface area contributed by atoms with Gasteiger partial charge in [-0.05, 0) is 25.8 Å². The summed E-state index contributed by atoms with van der Waals surface area (Å²) in [5.74, 6) is -0.207. The van der Waals surface area contributed by atoms with Crippen LogP contribution in [0.2, 0.25) is 0 Å². The Hall–Kier alpha value is -3.29. The van der Waals surface area contributed by atoms with Gasteiger partial charge < -0.3 is 24.1 Å². The highest BCUT2D eigenvalue weighted by Crippen LogP contribution is 2.29. The normalized spacial score (nSPS) is 15.0. The van der Waals surface area contributed by atoms with Gasteiger partial charge in [0.25, 0.3) is 11.5 Å². The number of piperidine rings is 1. The fraction of sp³-hybridized carbons (Fsp3) is 0.409. The molecular formula is C22H26N4O4. The van der Waals surface area contributed by atoms with Crippen molar-refractivity contribution in [1.82, 2.24) is 19.4 Å². The van der Waals surface area contributed by atoms with E-state index in [9.17, 15) is 14.4 Å². The maximum absolute atomic E-state index is 13.2. The molecule has 1 saturated heterocycles. The van der Waals surface area contributed by atoms with E-state index < -0.39 is 0 Å². The first kappa shape index (κ1) is 20.0. The molecular weight excluding hydrogens is 384 g/mol. The lowest BCUT2D eigenvalue weighted by molar-refractivity contribution is 0.0860. The highest BCUT2D eigenvalue weighted by atomic mass is 16.6. The molecule has 0 aliphatic carbocycles. The topological polar surface area (TPSA) is 85.6 Å². The van der Waals surface area contributed by atoms with Crippen LogP contribution in [0.25, 0.3) is 21.8 Å².